The fourth-order valence-electron chi connectivity index (χ4n) is 3.56. The first-order valence-corrected chi connectivity index (χ1v) is 12.7. The molecule has 1 N–H and O–H groups in total. The summed E-state index contributed by atoms with van der Waals surface area (Å²) in [5.74, 6) is -0.247. The third-order valence-corrected chi connectivity index (χ3v) is 7.60. The van der Waals surface area contributed by atoms with Gasteiger partial charge in [-0.15, -0.1) is 0 Å². The molecular formula is C23H18I2N2O4S. The summed E-state index contributed by atoms with van der Waals surface area (Å²) in [6, 6.07) is 12.5. The molecule has 0 amide bonds. The minimum absolute atomic E-state index is 0.226. The van der Waals surface area contributed by atoms with E-state index < -0.39 is 12.0 Å². The molecule has 0 bridgehead atoms. The van der Waals surface area contributed by atoms with E-state index in [-0.39, 0.29) is 17.9 Å². The Hall–Kier alpha value is -1.99. The summed E-state index contributed by atoms with van der Waals surface area (Å²) in [5.41, 5.74) is 2.30. The smallest absolute Gasteiger partial charge is 0.338 e. The maximum atomic E-state index is 13.5. The molecule has 1 atom stereocenters. The van der Waals surface area contributed by atoms with Crippen molar-refractivity contribution < 1.29 is 14.6 Å². The molecule has 0 spiro atoms. The molecule has 0 saturated heterocycles. The van der Waals surface area contributed by atoms with E-state index in [0.717, 1.165) is 11.1 Å². The second kappa shape index (κ2) is 9.48. The lowest BCUT2D eigenvalue weighted by atomic mass is 9.96. The van der Waals surface area contributed by atoms with Gasteiger partial charge in [0.25, 0.3) is 5.56 Å². The van der Waals surface area contributed by atoms with Crippen molar-refractivity contribution in [3.05, 3.63) is 91.7 Å². The van der Waals surface area contributed by atoms with E-state index >= 15 is 0 Å². The average Bonchev–Trinajstić information content (AvgIpc) is 3.06. The lowest BCUT2D eigenvalue weighted by molar-refractivity contribution is -0.139. The highest BCUT2D eigenvalue weighted by Crippen LogP contribution is 2.31. The Morgan fingerprint density at radius 2 is 1.91 bits per heavy atom. The number of esters is 1. The van der Waals surface area contributed by atoms with Crippen LogP contribution in [0.15, 0.2) is 63.5 Å². The van der Waals surface area contributed by atoms with Crippen LogP contribution < -0.4 is 14.9 Å². The maximum Gasteiger partial charge on any atom is 0.338 e. The lowest BCUT2D eigenvalue weighted by Gasteiger charge is -2.24. The Balaban J connectivity index is 1.96. The SMILES string of the molecule is CCOC(=O)C1=C(C)N=c2s/c(=C/c3cc(I)c(O)c(I)c3)c(=O)n2C1c1ccccc1. The van der Waals surface area contributed by atoms with Crippen LogP contribution in [-0.4, -0.2) is 22.2 Å². The molecule has 1 unspecified atom stereocenters. The molecule has 2 aromatic carbocycles. The predicted molar refractivity (Wildman–Crippen MR) is 140 cm³/mol. The standard InChI is InChI=1S/C23H18I2N2O4S/c1-3-31-22(30)18-12(2)26-23-27(19(18)14-7-5-4-6-8-14)21(29)17(32-23)11-13-9-15(24)20(28)16(25)10-13/h4-11,19,28H,3H2,1-2H3/b17-11+. The zero-order valence-electron chi connectivity index (χ0n) is 17.1. The summed E-state index contributed by atoms with van der Waals surface area (Å²) < 4.78 is 8.78. The van der Waals surface area contributed by atoms with Gasteiger partial charge in [0.15, 0.2) is 4.80 Å². The first-order valence-electron chi connectivity index (χ1n) is 9.74. The van der Waals surface area contributed by atoms with Gasteiger partial charge in [0.1, 0.15) is 5.75 Å². The van der Waals surface area contributed by atoms with Crippen LogP contribution in [-0.2, 0) is 9.53 Å². The van der Waals surface area contributed by atoms with Gasteiger partial charge in [-0.25, -0.2) is 9.79 Å². The maximum absolute atomic E-state index is 13.5. The van der Waals surface area contributed by atoms with Crippen molar-refractivity contribution in [2.45, 2.75) is 19.9 Å². The fourth-order valence-corrected chi connectivity index (χ4v) is 6.42. The van der Waals surface area contributed by atoms with Crippen molar-refractivity contribution in [2.75, 3.05) is 6.61 Å². The Labute approximate surface area is 215 Å². The number of hydrogen-bond acceptors (Lipinski definition) is 6. The number of thiazole rings is 1. The predicted octanol–water partition coefficient (Wildman–Crippen LogP) is 3.71. The molecule has 0 radical (unpaired) electrons. The van der Waals surface area contributed by atoms with Crippen molar-refractivity contribution in [1.82, 2.24) is 4.57 Å². The number of allylic oxidation sites excluding steroid dienone is 1. The molecule has 1 aliphatic rings. The quantitative estimate of drug-likeness (QED) is 0.339. The van der Waals surface area contributed by atoms with Crippen LogP contribution in [0.25, 0.3) is 6.08 Å². The first kappa shape index (κ1) is 23.2. The first-order chi connectivity index (χ1) is 15.3. The minimum atomic E-state index is -0.617. The van der Waals surface area contributed by atoms with Crippen LogP contribution in [0.1, 0.15) is 31.0 Å². The second-order valence-corrected chi connectivity index (χ2v) is 10.4. The van der Waals surface area contributed by atoms with Crippen LogP contribution in [0.2, 0.25) is 0 Å². The fraction of sp³-hybridized carbons (Fsp3) is 0.174. The number of aromatic nitrogens is 1. The second-order valence-electron chi connectivity index (χ2n) is 7.05. The molecule has 0 aliphatic carbocycles. The summed E-state index contributed by atoms with van der Waals surface area (Å²) >= 11 is 5.40. The molecule has 1 aliphatic heterocycles. The Kier molecular flexibility index (Phi) is 6.86. The lowest BCUT2D eigenvalue weighted by Crippen LogP contribution is -2.39. The number of nitrogens with zero attached hydrogens (tertiary/aromatic N) is 2. The number of aromatic hydroxyl groups is 1. The van der Waals surface area contributed by atoms with Gasteiger partial charge >= 0.3 is 5.97 Å². The van der Waals surface area contributed by atoms with Crippen LogP contribution in [0, 0.1) is 7.14 Å². The largest absolute Gasteiger partial charge is 0.506 e. The number of carbonyl (C=O) groups is 1. The normalized spacial score (nSPS) is 16.0. The number of carbonyl (C=O) groups excluding carboxylic acids is 1. The third-order valence-electron chi connectivity index (χ3n) is 4.97. The number of ether oxygens (including phenoxy) is 1. The van der Waals surface area contributed by atoms with Crippen LogP contribution >= 0.6 is 56.5 Å². The number of halogens is 2. The zero-order valence-corrected chi connectivity index (χ0v) is 22.3. The van der Waals surface area contributed by atoms with Gasteiger partial charge in [-0.1, -0.05) is 41.7 Å². The van der Waals surface area contributed by atoms with E-state index in [9.17, 15) is 14.7 Å². The van der Waals surface area contributed by atoms with E-state index in [0.29, 0.717) is 27.7 Å². The molecule has 2 heterocycles. The van der Waals surface area contributed by atoms with E-state index in [2.05, 4.69) is 50.2 Å². The molecule has 0 fully saturated rings. The molecular weight excluding hydrogens is 654 g/mol. The van der Waals surface area contributed by atoms with Gasteiger partial charge in [0.2, 0.25) is 0 Å². The van der Waals surface area contributed by atoms with Crippen molar-refractivity contribution in [2.24, 2.45) is 4.99 Å². The van der Waals surface area contributed by atoms with Crippen molar-refractivity contribution >= 4 is 68.6 Å². The highest BCUT2D eigenvalue weighted by atomic mass is 127. The Bertz CT molecular complexity index is 1400. The van der Waals surface area contributed by atoms with E-state index in [1.54, 1.807) is 24.5 Å². The third kappa shape index (κ3) is 4.29. The minimum Gasteiger partial charge on any atom is -0.506 e. The molecule has 9 heteroatoms. The number of fused-ring (bicyclic) bond motifs is 1. The molecule has 0 saturated carbocycles. The van der Waals surface area contributed by atoms with E-state index in [1.807, 2.05) is 42.5 Å². The molecule has 4 rings (SSSR count). The topological polar surface area (TPSA) is 80.9 Å². The Morgan fingerprint density at radius 3 is 2.53 bits per heavy atom. The number of phenols is 1. The van der Waals surface area contributed by atoms with Crippen LogP contribution in [0.5, 0.6) is 5.75 Å². The van der Waals surface area contributed by atoms with E-state index in [4.69, 9.17) is 4.74 Å². The van der Waals surface area contributed by atoms with Crippen LogP contribution in [0.3, 0.4) is 0 Å². The zero-order chi connectivity index (χ0) is 23.0. The summed E-state index contributed by atoms with van der Waals surface area (Å²) in [6.07, 6.45) is 1.79. The number of benzene rings is 2. The van der Waals surface area contributed by atoms with Crippen molar-refractivity contribution in [3.63, 3.8) is 0 Å². The van der Waals surface area contributed by atoms with Crippen molar-refractivity contribution in [3.8, 4) is 5.75 Å². The summed E-state index contributed by atoms with van der Waals surface area (Å²) in [6.45, 7) is 3.75. The molecule has 1 aromatic heterocycles. The summed E-state index contributed by atoms with van der Waals surface area (Å²) in [7, 11) is 0. The monoisotopic (exact) mass is 672 g/mol. The molecule has 164 valence electrons. The number of rotatable bonds is 4. The number of phenolic OH excluding ortho intramolecular Hbond substituents is 1. The molecule has 6 nitrogen and oxygen atoms in total. The van der Waals surface area contributed by atoms with Gasteiger partial charge in [0.05, 0.1) is 35.6 Å². The average molecular weight is 672 g/mol. The van der Waals surface area contributed by atoms with E-state index in [1.165, 1.54) is 11.3 Å². The number of hydrogen-bond donors (Lipinski definition) is 1. The van der Waals surface area contributed by atoms with Gasteiger partial charge < -0.3 is 9.84 Å². The van der Waals surface area contributed by atoms with Gasteiger partial charge in [-0.2, -0.15) is 0 Å². The highest BCUT2D eigenvalue weighted by molar-refractivity contribution is 14.1. The highest BCUT2D eigenvalue weighted by Gasteiger charge is 2.33. The Morgan fingerprint density at radius 1 is 1.25 bits per heavy atom. The molecule has 3 aromatic rings. The van der Waals surface area contributed by atoms with Gasteiger partial charge in [-0.3, -0.25) is 9.36 Å². The van der Waals surface area contributed by atoms with Gasteiger partial charge in [0, 0.05) is 0 Å². The molecule has 32 heavy (non-hydrogen) atoms. The summed E-state index contributed by atoms with van der Waals surface area (Å²) in [5, 5.41) is 10.0. The van der Waals surface area contributed by atoms with Gasteiger partial charge in [-0.05, 0) is 88.4 Å². The van der Waals surface area contributed by atoms with Crippen molar-refractivity contribution in [1.29, 1.82) is 0 Å². The van der Waals surface area contributed by atoms with Crippen LogP contribution in [0.4, 0.5) is 0 Å². The summed E-state index contributed by atoms with van der Waals surface area (Å²) in [4.78, 5) is 31.5.